The van der Waals surface area contributed by atoms with Crippen LogP contribution in [0.5, 0.6) is 11.5 Å². The van der Waals surface area contributed by atoms with Crippen LogP contribution in [-0.2, 0) is 10.0 Å². The smallest absolute Gasteiger partial charge is 0.261 e. The molecular weight excluding hydrogens is 326 g/mol. The van der Waals surface area contributed by atoms with E-state index < -0.39 is 10.0 Å². The molecule has 0 bridgehead atoms. The Morgan fingerprint density at radius 1 is 0.958 bits per heavy atom. The van der Waals surface area contributed by atoms with Crippen LogP contribution in [0.3, 0.4) is 0 Å². The van der Waals surface area contributed by atoms with Crippen molar-refractivity contribution < 1.29 is 18.3 Å². The maximum atomic E-state index is 12.3. The molecule has 6 heteroatoms. The number of hydrogen-bond acceptors (Lipinski definition) is 4. The number of anilines is 1. The van der Waals surface area contributed by atoms with Crippen molar-refractivity contribution in [3.63, 3.8) is 0 Å². The Bertz CT molecular complexity index is 725. The van der Waals surface area contributed by atoms with Gasteiger partial charge in [0.2, 0.25) is 0 Å². The van der Waals surface area contributed by atoms with E-state index >= 15 is 0 Å². The third-order valence-electron chi connectivity index (χ3n) is 3.52. The Morgan fingerprint density at radius 2 is 1.62 bits per heavy atom. The van der Waals surface area contributed by atoms with E-state index in [2.05, 4.69) is 11.6 Å². The van der Waals surface area contributed by atoms with E-state index in [-0.39, 0.29) is 10.6 Å². The van der Waals surface area contributed by atoms with Crippen LogP contribution in [0.1, 0.15) is 32.6 Å². The van der Waals surface area contributed by atoms with Gasteiger partial charge < -0.3 is 9.84 Å². The third-order valence-corrected chi connectivity index (χ3v) is 4.92. The topological polar surface area (TPSA) is 75.6 Å². The zero-order chi connectivity index (χ0) is 17.4. The lowest BCUT2D eigenvalue weighted by Crippen LogP contribution is -2.12. The second kappa shape index (κ2) is 8.59. The number of nitrogens with one attached hydrogen (secondary N) is 1. The van der Waals surface area contributed by atoms with Gasteiger partial charge in [-0.05, 0) is 55.0 Å². The first-order chi connectivity index (χ1) is 11.5. The number of rotatable bonds is 9. The van der Waals surface area contributed by atoms with E-state index in [1.165, 1.54) is 49.2 Å². The van der Waals surface area contributed by atoms with E-state index in [0.717, 1.165) is 12.8 Å². The Balaban J connectivity index is 1.94. The number of hydrogen-bond donors (Lipinski definition) is 2. The first-order valence-corrected chi connectivity index (χ1v) is 9.54. The van der Waals surface area contributed by atoms with Gasteiger partial charge in [0.05, 0.1) is 11.5 Å². The molecule has 2 aromatic rings. The van der Waals surface area contributed by atoms with Crippen LogP contribution in [-0.4, -0.2) is 20.1 Å². The van der Waals surface area contributed by atoms with Gasteiger partial charge in [-0.3, -0.25) is 4.72 Å². The highest BCUT2D eigenvalue weighted by Crippen LogP contribution is 2.21. The maximum absolute atomic E-state index is 12.3. The largest absolute Gasteiger partial charge is 0.508 e. The SMILES string of the molecule is CCCCCCOc1ccc(S(=O)(=O)Nc2ccc(O)cc2)cc1. The molecule has 130 valence electrons. The van der Waals surface area contributed by atoms with Crippen LogP contribution in [0.25, 0.3) is 0 Å². The number of aromatic hydroxyl groups is 1. The number of ether oxygens (including phenoxy) is 1. The molecule has 2 aromatic carbocycles. The second-order valence-corrected chi connectivity index (χ2v) is 7.22. The number of unbranched alkanes of at least 4 members (excludes halogenated alkanes) is 3. The average Bonchev–Trinajstić information content (AvgIpc) is 2.57. The summed E-state index contributed by atoms with van der Waals surface area (Å²) in [5.41, 5.74) is 0.393. The molecule has 0 aliphatic rings. The van der Waals surface area contributed by atoms with Gasteiger partial charge in [0.15, 0.2) is 0 Å². The van der Waals surface area contributed by atoms with E-state index in [4.69, 9.17) is 4.74 Å². The molecule has 2 rings (SSSR count). The lowest BCUT2D eigenvalue weighted by molar-refractivity contribution is 0.305. The molecule has 0 saturated carbocycles. The van der Waals surface area contributed by atoms with E-state index in [1.807, 2.05) is 0 Å². The van der Waals surface area contributed by atoms with Crippen molar-refractivity contribution in [3.05, 3.63) is 48.5 Å². The lowest BCUT2D eigenvalue weighted by Gasteiger charge is -2.10. The van der Waals surface area contributed by atoms with Gasteiger partial charge in [-0.15, -0.1) is 0 Å². The molecule has 0 amide bonds. The number of sulfonamides is 1. The molecule has 0 saturated heterocycles. The molecule has 2 N–H and O–H groups in total. The number of benzene rings is 2. The minimum atomic E-state index is -3.66. The zero-order valence-corrected chi connectivity index (χ0v) is 14.6. The maximum Gasteiger partial charge on any atom is 0.261 e. The van der Waals surface area contributed by atoms with E-state index in [1.54, 1.807) is 12.1 Å². The quantitative estimate of drug-likeness (QED) is 0.527. The van der Waals surface area contributed by atoms with Crippen LogP contribution in [0.15, 0.2) is 53.4 Å². The summed E-state index contributed by atoms with van der Waals surface area (Å²) in [6.07, 6.45) is 4.51. The summed E-state index contributed by atoms with van der Waals surface area (Å²) in [7, 11) is -3.66. The van der Waals surface area contributed by atoms with Gasteiger partial charge in [0, 0.05) is 5.69 Å². The highest BCUT2D eigenvalue weighted by Gasteiger charge is 2.14. The van der Waals surface area contributed by atoms with Gasteiger partial charge in [0.1, 0.15) is 11.5 Å². The molecule has 0 aliphatic heterocycles. The van der Waals surface area contributed by atoms with Crippen LogP contribution < -0.4 is 9.46 Å². The van der Waals surface area contributed by atoms with Crippen molar-refractivity contribution in [1.82, 2.24) is 0 Å². The Morgan fingerprint density at radius 3 is 2.25 bits per heavy atom. The molecule has 0 radical (unpaired) electrons. The minimum absolute atomic E-state index is 0.0818. The highest BCUT2D eigenvalue weighted by atomic mass is 32.2. The summed E-state index contributed by atoms with van der Waals surface area (Å²) >= 11 is 0. The summed E-state index contributed by atoms with van der Waals surface area (Å²) in [6, 6.07) is 12.2. The molecule has 0 spiro atoms. The number of phenolic OH excluding ortho intramolecular Hbond substituents is 1. The minimum Gasteiger partial charge on any atom is -0.508 e. The molecule has 0 aromatic heterocycles. The Labute approximate surface area is 143 Å². The predicted octanol–water partition coefficient (Wildman–Crippen LogP) is 4.15. The fraction of sp³-hybridized carbons (Fsp3) is 0.333. The van der Waals surface area contributed by atoms with Gasteiger partial charge in [-0.2, -0.15) is 0 Å². The first-order valence-electron chi connectivity index (χ1n) is 8.06. The normalized spacial score (nSPS) is 11.2. The average molecular weight is 349 g/mol. The van der Waals surface area contributed by atoms with Crippen molar-refractivity contribution in [3.8, 4) is 11.5 Å². The van der Waals surface area contributed by atoms with Crippen LogP contribution >= 0.6 is 0 Å². The molecule has 0 fully saturated rings. The summed E-state index contributed by atoms with van der Waals surface area (Å²) in [6.45, 7) is 2.80. The molecule has 0 atom stereocenters. The molecule has 0 aliphatic carbocycles. The van der Waals surface area contributed by atoms with Crippen molar-refractivity contribution in [2.45, 2.75) is 37.5 Å². The summed E-state index contributed by atoms with van der Waals surface area (Å²) in [5, 5.41) is 9.23. The zero-order valence-electron chi connectivity index (χ0n) is 13.7. The predicted molar refractivity (Wildman–Crippen MR) is 95.0 cm³/mol. The van der Waals surface area contributed by atoms with Crippen molar-refractivity contribution in [1.29, 1.82) is 0 Å². The molecule has 0 unspecified atom stereocenters. The fourth-order valence-electron chi connectivity index (χ4n) is 2.18. The summed E-state index contributed by atoms with van der Waals surface area (Å²) in [5.74, 6) is 0.744. The molecule has 5 nitrogen and oxygen atoms in total. The Hall–Kier alpha value is -2.21. The summed E-state index contributed by atoms with van der Waals surface area (Å²) < 4.78 is 32.7. The molecule has 0 heterocycles. The summed E-state index contributed by atoms with van der Waals surface area (Å²) in [4.78, 5) is 0.161. The van der Waals surface area contributed by atoms with Gasteiger partial charge in [0.25, 0.3) is 10.0 Å². The van der Waals surface area contributed by atoms with Crippen molar-refractivity contribution >= 4 is 15.7 Å². The highest BCUT2D eigenvalue weighted by molar-refractivity contribution is 7.92. The lowest BCUT2D eigenvalue weighted by atomic mass is 10.2. The van der Waals surface area contributed by atoms with Gasteiger partial charge in [-0.1, -0.05) is 26.2 Å². The Kier molecular flexibility index (Phi) is 6.49. The van der Waals surface area contributed by atoms with Crippen LogP contribution in [0.4, 0.5) is 5.69 Å². The molecule has 24 heavy (non-hydrogen) atoms. The standard InChI is InChI=1S/C18H23NO4S/c1-2-3-4-5-14-23-17-10-12-18(13-11-17)24(21,22)19-15-6-8-16(20)9-7-15/h6-13,19-20H,2-5,14H2,1H3. The van der Waals surface area contributed by atoms with Gasteiger partial charge >= 0.3 is 0 Å². The molecular formula is C18H23NO4S. The van der Waals surface area contributed by atoms with Crippen molar-refractivity contribution in [2.24, 2.45) is 0 Å². The first kappa shape index (κ1) is 18.1. The van der Waals surface area contributed by atoms with E-state index in [0.29, 0.717) is 18.0 Å². The van der Waals surface area contributed by atoms with Crippen molar-refractivity contribution in [2.75, 3.05) is 11.3 Å². The second-order valence-electron chi connectivity index (χ2n) is 5.53. The van der Waals surface area contributed by atoms with Crippen LogP contribution in [0.2, 0.25) is 0 Å². The van der Waals surface area contributed by atoms with Crippen LogP contribution in [0, 0.1) is 0 Å². The van der Waals surface area contributed by atoms with E-state index in [9.17, 15) is 13.5 Å². The number of phenols is 1. The van der Waals surface area contributed by atoms with Gasteiger partial charge in [-0.25, -0.2) is 8.42 Å². The monoisotopic (exact) mass is 349 g/mol. The fourth-order valence-corrected chi connectivity index (χ4v) is 3.24. The third kappa shape index (κ3) is 5.45.